The van der Waals surface area contributed by atoms with E-state index in [-0.39, 0.29) is 5.97 Å². The molecule has 0 aliphatic rings. The molecule has 0 aromatic carbocycles. The van der Waals surface area contributed by atoms with E-state index in [2.05, 4.69) is 43.5 Å². The number of nitrogens with one attached hydrogen (secondary N) is 1. The van der Waals surface area contributed by atoms with Gasteiger partial charge in [0.05, 0.1) is 24.2 Å². The number of fused-ring (bicyclic) bond motifs is 1. The molecule has 2 aromatic rings. The zero-order valence-electron chi connectivity index (χ0n) is 7.77. The predicted molar refractivity (Wildman–Crippen MR) is 72.5 cm³/mol. The van der Waals surface area contributed by atoms with Gasteiger partial charge in [0, 0.05) is 0 Å². The van der Waals surface area contributed by atoms with Crippen molar-refractivity contribution in [1.29, 1.82) is 0 Å². The van der Waals surface area contributed by atoms with Crippen molar-refractivity contribution in [3.63, 3.8) is 0 Å². The topological polar surface area (TPSA) is 42.1 Å². The molecule has 0 radical (unpaired) electrons. The summed E-state index contributed by atoms with van der Waals surface area (Å²) in [6.07, 6.45) is 0. The fraction of sp³-hybridized carbons (Fsp3) is 0.222. The van der Waals surface area contributed by atoms with Crippen molar-refractivity contribution in [3.05, 3.63) is 19.1 Å². The Hall–Kier alpha value is -0.0800. The maximum absolute atomic E-state index is 11.6. The van der Waals surface area contributed by atoms with E-state index in [1.807, 2.05) is 6.07 Å². The van der Waals surface area contributed by atoms with E-state index < -0.39 is 0 Å². The van der Waals surface area contributed by atoms with Crippen LogP contribution in [0.15, 0.2) is 9.85 Å². The molecule has 0 aliphatic carbocycles. The van der Waals surface area contributed by atoms with E-state index in [1.165, 1.54) is 0 Å². The van der Waals surface area contributed by atoms with E-state index in [1.54, 1.807) is 18.3 Å². The van der Waals surface area contributed by atoms with Crippen LogP contribution in [0.2, 0.25) is 0 Å². The minimum absolute atomic E-state index is 0.290. The Morgan fingerprint density at radius 3 is 3.07 bits per heavy atom. The monoisotopic (exact) mass is 399 g/mol. The summed E-state index contributed by atoms with van der Waals surface area (Å²) in [7, 11) is 0. The van der Waals surface area contributed by atoms with Gasteiger partial charge in [-0.2, -0.15) is 0 Å². The van der Waals surface area contributed by atoms with Gasteiger partial charge in [-0.15, -0.1) is 11.3 Å². The van der Waals surface area contributed by atoms with Crippen LogP contribution >= 0.6 is 49.9 Å². The highest BCUT2D eigenvalue weighted by Crippen LogP contribution is 2.34. The maximum Gasteiger partial charge on any atom is 0.355 e. The lowest BCUT2D eigenvalue weighted by Gasteiger charge is -1.98. The first-order valence-corrected chi connectivity index (χ1v) is 6.96. The van der Waals surface area contributed by atoms with Gasteiger partial charge in [0.2, 0.25) is 0 Å². The summed E-state index contributed by atoms with van der Waals surface area (Å²) >= 11 is 7.17. The van der Waals surface area contributed by atoms with E-state index >= 15 is 0 Å². The zero-order chi connectivity index (χ0) is 11.0. The van der Waals surface area contributed by atoms with Crippen molar-refractivity contribution in [2.24, 2.45) is 0 Å². The number of H-pyrrole nitrogens is 1. The molecular formula is C9H7BrINO2S. The summed E-state index contributed by atoms with van der Waals surface area (Å²) in [5, 5.41) is 0. The molecule has 2 heterocycles. The van der Waals surface area contributed by atoms with Crippen LogP contribution in [0.3, 0.4) is 0 Å². The number of carbonyl (C=O) groups is 1. The van der Waals surface area contributed by atoms with Crippen molar-refractivity contribution in [1.82, 2.24) is 4.98 Å². The van der Waals surface area contributed by atoms with Gasteiger partial charge >= 0.3 is 5.97 Å². The molecule has 0 bridgehead atoms. The van der Waals surface area contributed by atoms with Crippen LogP contribution < -0.4 is 0 Å². The number of aromatic nitrogens is 1. The fourth-order valence-corrected chi connectivity index (χ4v) is 3.74. The Morgan fingerprint density at radius 2 is 2.47 bits per heavy atom. The molecule has 2 aromatic heterocycles. The number of rotatable bonds is 2. The highest BCUT2D eigenvalue weighted by Gasteiger charge is 2.18. The highest BCUT2D eigenvalue weighted by atomic mass is 127. The minimum Gasteiger partial charge on any atom is -0.461 e. The Morgan fingerprint density at radius 1 is 1.73 bits per heavy atom. The van der Waals surface area contributed by atoms with Crippen molar-refractivity contribution < 1.29 is 9.53 Å². The van der Waals surface area contributed by atoms with E-state index in [0.29, 0.717) is 12.3 Å². The lowest BCUT2D eigenvalue weighted by molar-refractivity contribution is 0.0519. The molecule has 0 amide bonds. The average Bonchev–Trinajstić information content (AvgIpc) is 2.66. The summed E-state index contributed by atoms with van der Waals surface area (Å²) < 4.78 is 8.02. The minimum atomic E-state index is -0.290. The normalized spacial score (nSPS) is 10.9. The van der Waals surface area contributed by atoms with Gasteiger partial charge < -0.3 is 9.72 Å². The first-order chi connectivity index (χ1) is 7.13. The summed E-state index contributed by atoms with van der Waals surface area (Å²) in [4.78, 5) is 14.6. The number of aromatic amines is 1. The standard InChI is InChI=1S/C9H7BrINO2S/c1-2-14-9(13)7-6(11)8-4(12-7)3-5(10)15-8/h3,12H,2H2,1H3. The van der Waals surface area contributed by atoms with Crippen LogP contribution in [-0.2, 0) is 4.74 Å². The highest BCUT2D eigenvalue weighted by molar-refractivity contribution is 14.1. The molecule has 80 valence electrons. The molecule has 2 rings (SSSR count). The number of ether oxygens (including phenoxy) is 1. The van der Waals surface area contributed by atoms with Crippen molar-refractivity contribution in [2.45, 2.75) is 6.92 Å². The molecular weight excluding hydrogens is 393 g/mol. The Labute approximate surface area is 112 Å². The lowest BCUT2D eigenvalue weighted by atomic mass is 10.4. The molecule has 6 heteroatoms. The second-order valence-corrected chi connectivity index (χ2v) is 6.34. The fourth-order valence-electron chi connectivity index (χ4n) is 1.26. The van der Waals surface area contributed by atoms with Gasteiger partial charge in [-0.1, -0.05) is 0 Å². The summed E-state index contributed by atoms with van der Waals surface area (Å²) in [5.41, 5.74) is 1.52. The van der Waals surface area contributed by atoms with Crippen LogP contribution in [-0.4, -0.2) is 17.6 Å². The first-order valence-electron chi connectivity index (χ1n) is 4.27. The van der Waals surface area contributed by atoms with E-state index in [0.717, 1.165) is 17.6 Å². The van der Waals surface area contributed by atoms with Gasteiger partial charge in [0.15, 0.2) is 0 Å². The summed E-state index contributed by atoms with van der Waals surface area (Å²) in [5.74, 6) is -0.290. The summed E-state index contributed by atoms with van der Waals surface area (Å²) in [6, 6.07) is 1.96. The second-order valence-electron chi connectivity index (χ2n) is 2.83. The molecule has 15 heavy (non-hydrogen) atoms. The Kier molecular flexibility index (Phi) is 3.36. The van der Waals surface area contributed by atoms with Gasteiger partial charge in [0.1, 0.15) is 5.69 Å². The third-order valence-electron chi connectivity index (χ3n) is 1.86. The molecule has 0 saturated carbocycles. The van der Waals surface area contributed by atoms with Crippen molar-refractivity contribution >= 4 is 66.0 Å². The Bertz CT molecular complexity index is 519. The SMILES string of the molecule is CCOC(=O)c1[nH]c2cc(Br)sc2c1I. The van der Waals surface area contributed by atoms with Crippen LogP contribution in [0, 0.1) is 3.57 Å². The predicted octanol–water partition coefficient (Wildman–Crippen LogP) is 3.77. The molecule has 0 unspecified atom stereocenters. The molecule has 0 aliphatic heterocycles. The van der Waals surface area contributed by atoms with Gasteiger partial charge in [-0.25, -0.2) is 4.79 Å². The van der Waals surface area contributed by atoms with Gasteiger partial charge in [0.25, 0.3) is 0 Å². The van der Waals surface area contributed by atoms with Crippen LogP contribution in [0.1, 0.15) is 17.4 Å². The summed E-state index contributed by atoms with van der Waals surface area (Å²) in [6.45, 7) is 2.19. The van der Waals surface area contributed by atoms with Crippen molar-refractivity contribution in [3.8, 4) is 0 Å². The third kappa shape index (κ3) is 2.07. The lowest BCUT2D eigenvalue weighted by Crippen LogP contribution is -2.06. The quantitative estimate of drug-likeness (QED) is 0.616. The number of hydrogen-bond acceptors (Lipinski definition) is 3. The largest absolute Gasteiger partial charge is 0.461 e. The second kappa shape index (κ2) is 4.42. The van der Waals surface area contributed by atoms with Crippen LogP contribution in [0.5, 0.6) is 0 Å². The van der Waals surface area contributed by atoms with Crippen LogP contribution in [0.25, 0.3) is 10.2 Å². The average molecular weight is 400 g/mol. The van der Waals surface area contributed by atoms with E-state index in [4.69, 9.17) is 4.74 Å². The number of esters is 1. The maximum atomic E-state index is 11.6. The molecule has 1 N–H and O–H groups in total. The van der Waals surface area contributed by atoms with Gasteiger partial charge in [-0.05, 0) is 51.5 Å². The molecule has 0 saturated heterocycles. The molecule has 0 fully saturated rings. The first kappa shape index (κ1) is 11.4. The third-order valence-corrected chi connectivity index (χ3v) is 4.96. The van der Waals surface area contributed by atoms with E-state index in [9.17, 15) is 4.79 Å². The number of thiophene rings is 1. The number of carbonyl (C=O) groups excluding carboxylic acids is 1. The van der Waals surface area contributed by atoms with Crippen molar-refractivity contribution in [2.75, 3.05) is 6.61 Å². The molecule has 0 atom stereocenters. The van der Waals surface area contributed by atoms with Gasteiger partial charge in [-0.3, -0.25) is 0 Å². The number of hydrogen-bond donors (Lipinski definition) is 1. The number of halogens is 2. The molecule has 0 spiro atoms. The van der Waals surface area contributed by atoms with Crippen LogP contribution in [0.4, 0.5) is 0 Å². The Balaban J connectivity index is 2.49. The zero-order valence-corrected chi connectivity index (χ0v) is 12.3. The molecule has 3 nitrogen and oxygen atoms in total. The smallest absolute Gasteiger partial charge is 0.355 e.